The van der Waals surface area contributed by atoms with Gasteiger partial charge >= 0.3 is 0 Å². The van der Waals surface area contributed by atoms with E-state index in [0.717, 1.165) is 22.3 Å². The van der Waals surface area contributed by atoms with Crippen LogP contribution in [0.5, 0.6) is 17.4 Å². The maximum absolute atomic E-state index is 12.7. The van der Waals surface area contributed by atoms with Crippen LogP contribution >= 0.6 is 0 Å². The van der Waals surface area contributed by atoms with Crippen molar-refractivity contribution in [2.45, 2.75) is 6.54 Å². The van der Waals surface area contributed by atoms with Gasteiger partial charge in [-0.3, -0.25) is 14.8 Å². The van der Waals surface area contributed by atoms with Gasteiger partial charge in [-0.15, -0.1) is 0 Å². The van der Waals surface area contributed by atoms with E-state index < -0.39 is 0 Å². The fourth-order valence-electron chi connectivity index (χ4n) is 4.17. The normalized spacial score (nSPS) is 11.3. The molecule has 172 valence electrons. The molecule has 0 aliphatic heterocycles. The smallest absolute Gasteiger partial charge is 0.258 e. The summed E-state index contributed by atoms with van der Waals surface area (Å²) < 4.78 is 0. The second kappa shape index (κ2) is 9.19. The van der Waals surface area contributed by atoms with Gasteiger partial charge in [0.15, 0.2) is 11.5 Å². The van der Waals surface area contributed by atoms with E-state index >= 15 is 0 Å². The highest BCUT2D eigenvalue weighted by atomic mass is 16.3. The first-order valence-electron chi connectivity index (χ1n) is 11.1. The largest absolute Gasteiger partial charge is 0.504 e. The van der Waals surface area contributed by atoms with Crippen LogP contribution in [0.25, 0.3) is 33.0 Å². The van der Waals surface area contributed by atoms with Crippen LogP contribution < -0.4 is 5.56 Å². The van der Waals surface area contributed by atoms with E-state index in [-0.39, 0.29) is 29.5 Å². The van der Waals surface area contributed by atoms with Crippen LogP contribution in [0.2, 0.25) is 0 Å². The van der Waals surface area contributed by atoms with Crippen molar-refractivity contribution in [2.24, 2.45) is 4.99 Å². The van der Waals surface area contributed by atoms with Crippen molar-refractivity contribution >= 4 is 17.0 Å². The number of aromatic nitrogens is 1. The van der Waals surface area contributed by atoms with Gasteiger partial charge in [0.2, 0.25) is 5.88 Å². The van der Waals surface area contributed by atoms with Crippen LogP contribution in [0.3, 0.4) is 0 Å². The molecule has 35 heavy (non-hydrogen) atoms. The van der Waals surface area contributed by atoms with Gasteiger partial charge < -0.3 is 15.3 Å². The van der Waals surface area contributed by atoms with Crippen LogP contribution in [-0.2, 0) is 6.54 Å². The lowest BCUT2D eigenvalue weighted by Crippen LogP contribution is -2.09. The van der Waals surface area contributed by atoms with E-state index in [9.17, 15) is 20.1 Å². The average Bonchev–Trinajstić information content (AvgIpc) is 2.88. The number of aliphatic imine (C=N–C) groups is 1. The number of aromatic amines is 1. The van der Waals surface area contributed by atoms with Crippen molar-refractivity contribution in [1.82, 2.24) is 4.98 Å². The predicted octanol–water partition coefficient (Wildman–Crippen LogP) is 5.60. The predicted molar refractivity (Wildman–Crippen MR) is 138 cm³/mol. The molecule has 0 spiro atoms. The van der Waals surface area contributed by atoms with Crippen LogP contribution in [0, 0.1) is 0 Å². The number of rotatable bonds is 5. The summed E-state index contributed by atoms with van der Waals surface area (Å²) in [4.78, 5) is 19.6. The number of pyridine rings is 1. The molecule has 0 radical (unpaired) electrons. The second-order valence-electron chi connectivity index (χ2n) is 8.18. The van der Waals surface area contributed by atoms with Crippen molar-refractivity contribution in [3.8, 4) is 39.6 Å². The summed E-state index contributed by atoms with van der Waals surface area (Å²) in [7, 11) is 0. The Labute approximate surface area is 201 Å². The molecule has 4 N–H and O–H groups in total. The Kier molecular flexibility index (Phi) is 5.77. The third kappa shape index (κ3) is 4.37. The average molecular weight is 463 g/mol. The van der Waals surface area contributed by atoms with Gasteiger partial charge in [0.05, 0.1) is 12.1 Å². The fourth-order valence-corrected chi connectivity index (χ4v) is 4.17. The molecule has 0 bridgehead atoms. The highest BCUT2D eigenvalue weighted by molar-refractivity contribution is 6.08. The maximum Gasteiger partial charge on any atom is 0.258 e. The minimum atomic E-state index is -0.390. The molecule has 0 unspecified atom stereocenters. The number of nitrogens with one attached hydrogen (secondary N) is 1. The lowest BCUT2D eigenvalue weighted by Gasteiger charge is -2.12. The van der Waals surface area contributed by atoms with Gasteiger partial charge in [0, 0.05) is 17.0 Å². The van der Waals surface area contributed by atoms with Gasteiger partial charge in [-0.2, -0.15) is 0 Å². The summed E-state index contributed by atoms with van der Waals surface area (Å²) in [5.74, 6) is -0.702. The van der Waals surface area contributed by atoms with E-state index in [4.69, 9.17) is 0 Å². The number of benzene rings is 4. The van der Waals surface area contributed by atoms with Crippen LogP contribution in [-0.4, -0.2) is 26.5 Å². The SMILES string of the molecule is O=c1[nH]c(O)c(C=NCc2ccc(O)c(O)c2)c2c(-c3cccc(-c4ccccc4)c3)cccc12. The molecule has 5 rings (SSSR count). The van der Waals surface area contributed by atoms with Crippen LogP contribution in [0.1, 0.15) is 11.1 Å². The molecule has 0 saturated carbocycles. The summed E-state index contributed by atoms with van der Waals surface area (Å²) in [5, 5.41) is 30.9. The maximum atomic E-state index is 12.7. The highest BCUT2D eigenvalue weighted by Crippen LogP contribution is 2.34. The van der Waals surface area contributed by atoms with Crippen LogP contribution in [0.4, 0.5) is 0 Å². The summed E-state index contributed by atoms with van der Waals surface area (Å²) in [6.45, 7) is 0.208. The molecule has 5 aromatic rings. The molecule has 6 nitrogen and oxygen atoms in total. The van der Waals surface area contributed by atoms with Crippen LogP contribution in [0.15, 0.2) is 101 Å². The van der Waals surface area contributed by atoms with E-state index in [2.05, 4.69) is 16.0 Å². The van der Waals surface area contributed by atoms with Crippen molar-refractivity contribution in [3.63, 3.8) is 0 Å². The topological polar surface area (TPSA) is 106 Å². The molecule has 0 fully saturated rings. The summed E-state index contributed by atoms with van der Waals surface area (Å²) >= 11 is 0. The Morgan fingerprint density at radius 2 is 1.49 bits per heavy atom. The minimum absolute atomic E-state index is 0.204. The third-order valence-electron chi connectivity index (χ3n) is 5.88. The van der Waals surface area contributed by atoms with E-state index in [1.807, 2.05) is 60.7 Å². The number of H-pyrrole nitrogens is 1. The Morgan fingerprint density at radius 3 is 2.29 bits per heavy atom. The third-order valence-corrected chi connectivity index (χ3v) is 5.88. The molecular formula is C29H22N2O4. The summed E-state index contributed by atoms with van der Waals surface area (Å²) in [5.41, 5.74) is 4.50. The molecule has 0 aliphatic carbocycles. The van der Waals surface area contributed by atoms with Crippen molar-refractivity contribution in [3.05, 3.63) is 112 Å². The summed E-state index contributed by atoms with van der Waals surface area (Å²) in [6, 6.07) is 28.0. The lowest BCUT2D eigenvalue weighted by atomic mass is 9.93. The first-order valence-corrected chi connectivity index (χ1v) is 11.1. The number of aromatic hydroxyl groups is 3. The molecule has 6 heteroatoms. The lowest BCUT2D eigenvalue weighted by molar-refractivity contribution is 0.403. The minimum Gasteiger partial charge on any atom is -0.504 e. The first kappa shape index (κ1) is 22.0. The first-order chi connectivity index (χ1) is 17.0. The standard InChI is InChI=1S/C29H22N2O4/c32-25-13-12-18(14-26(25)33)16-30-17-24-27-22(10-5-11-23(27)28(34)31-29(24)35)21-9-4-8-20(15-21)19-6-2-1-3-7-19/h1-15,17,32-33H,16H2,(H2,31,34,35). The molecule has 0 atom stereocenters. The van der Waals surface area contributed by atoms with Gasteiger partial charge in [0.25, 0.3) is 5.56 Å². The van der Waals surface area contributed by atoms with E-state index in [1.165, 1.54) is 18.3 Å². The summed E-state index contributed by atoms with van der Waals surface area (Å²) in [6.07, 6.45) is 1.52. The molecule has 1 aromatic heterocycles. The van der Waals surface area contributed by atoms with Gasteiger partial charge in [0.1, 0.15) is 0 Å². The van der Waals surface area contributed by atoms with E-state index in [1.54, 1.807) is 12.1 Å². The number of phenolic OH excluding ortho intramolecular Hbond substituents is 2. The Hall–Kier alpha value is -4.84. The van der Waals surface area contributed by atoms with Gasteiger partial charge in [-0.25, -0.2) is 0 Å². The second-order valence-corrected chi connectivity index (χ2v) is 8.18. The van der Waals surface area contributed by atoms with E-state index in [0.29, 0.717) is 21.9 Å². The fraction of sp³-hybridized carbons (Fsp3) is 0.0345. The Bertz CT molecular complexity index is 1620. The zero-order valence-electron chi connectivity index (χ0n) is 18.6. The van der Waals surface area contributed by atoms with Gasteiger partial charge in [-0.05, 0) is 52.1 Å². The molecule has 0 amide bonds. The molecule has 1 heterocycles. The number of phenols is 2. The Balaban J connectivity index is 1.62. The van der Waals surface area contributed by atoms with Crippen molar-refractivity contribution in [2.75, 3.05) is 0 Å². The highest BCUT2D eigenvalue weighted by Gasteiger charge is 2.15. The molecular weight excluding hydrogens is 440 g/mol. The number of hydrogen-bond donors (Lipinski definition) is 4. The van der Waals surface area contributed by atoms with Crippen molar-refractivity contribution < 1.29 is 15.3 Å². The zero-order chi connectivity index (χ0) is 24.4. The number of fused-ring (bicyclic) bond motifs is 1. The molecule has 0 aliphatic rings. The molecule has 4 aromatic carbocycles. The monoisotopic (exact) mass is 462 g/mol. The molecule has 0 saturated heterocycles. The zero-order valence-corrected chi connectivity index (χ0v) is 18.6. The number of hydrogen-bond acceptors (Lipinski definition) is 5. The van der Waals surface area contributed by atoms with Gasteiger partial charge in [-0.1, -0.05) is 66.7 Å². The number of nitrogens with zero attached hydrogens (tertiary/aromatic N) is 1. The quantitative estimate of drug-likeness (QED) is 0.202. The van der Waals surface area contributed by atoms with Crippen molar-refractivity contribution in [1.29, 1.82) is 0 Å². The Morgan fingerprint density at radius 1 is 0.743 bits per heavy atom.